The van der Waals surface area contributed by atoms with E-state index in [2.05, 4.69) is 5.32 Å². The summed E-state index contributed by atoms with van der Waals surface area (Å²) in [5, 5.41) is 12.4. The van der Waals surface area contributed by atoms with Crippen LogP contribution in [0, 0.1) is 0 Å². The Morgan fingerprint density at radius 3 is 1.58 bits per heavy atom. The van der Waals surface area contributed by atoms with Gasteiger partial charge >= 0.3 is 17.9 Å². The van der Waals surface area contributed by atoms with Crippen LogP contribution in [0.15, 0.2) is 72.8 Å². The highest BCUT2D eigenvalue weighted by molar-refractivity contribution is 6.01. The van der Waals surface area contributed by atoms with E-state index in [0.717, 1.165) is 0 Å². The summed E-state index contributed by atoms with van der Waals surface area (Å²) in [6.07, 6.45) is -4.28. The fourth-order valence-electron chi connectivity index (χ4n) is 3.28. The first-order valence-electron chi connectivity index (χ1n) is 11.1. The Kier molecular flexibility index (Phi) is 9.25. The van der Waals surface area contributed by atoms with Gasteiger partial charge in [-0.2, -0.15) is 0 Å². The number of carbonyl (C=O) groups excluding carboxylic acids is 3. The number of carboxylic acids is 1. The number of methoxy groups -OCH3 is 3. The summed E-state index contributed by atoms with van der Waals surface area (Å²) in [6.45, 7) is 0. The highest BCUT2D eigenvalue weighted by Gasteiger charge is 2.41. The molecule has 0 aliphatic heterocycles. The van der Waals surface area contributed by atoms with Crippen molar-refractivity contribution in [1.29, 1.82) is 0 Å². The van der Waals surface area contributed by atoms with Crippen molar-refractivity contribution in [2.24, 2.45) is 0 Å². The molecule has 0 saturated carbocycles. The lowest BCUT2D eigenvalue weighted by molar-refractivity contribution is -0.157. The summed E-state index contributed by atoms with van der Waals surface area (Å²) in [4.78, 5) is 51.1. The molecule has 1 amide bonds. The number of aliphatic carboxylic acids is 1. The van der Waals surface area contributed by atoms with Crippen molar-refractivity contribution in [3.05, 3.63) is 83.9 Å². The summed E-state index contributed by atoms with van der Waals surface area (Å²) in [7, 11) is 4.22. The van der Waals surface area contributed by atoms with Gasteiger partial charge in [0.1, 0.15) is 17.2 Å². The number of ether oxygens (including phenoxy) is 5. The molecule has 3 aromatic rings. The lowest BCUT2D eigenvalue weighted by atomic mass is 10.1. The summed E-state index contributed by atoms with van der Waals surface area (Å²) < 4.78 is 25.8. The zero-order valence-corrected chi connectivity index (χ0v) is 20.7. The van der Waals surface area contributed by atoms with E-state index in [1.165, 1.54) is 69.9 Å². The second-order valence-corrected chi connectivity index (χ2v) is 7.68. The van der Waals surface area contributed by atoms with Crippen LogP contribution in [-0.2, 0) is 19.1 Å². The second-order valence-electron chi connectivity index (χ2n) is 7.68. The fourth-order valence-corrected chi connectivity index (χ4v) is 3.28. The summed E-state index contributed by atoms with van der Waals surface area (Å²) in [6, 6.07) is 17.8. The number of esters is 2. The Morgan fingerprint density at radius 1 is 0.658 bits per heavy atom. The molecule has 0 heterocycles. The molecule has 3 aromatic carbocycles. The molecule has 3 rings (SSSR count). The topological polar surface area (TPSA) is 147 Å². The van der Waals surface area contributed by atoms with Gasteiger partial charge < -0.3 is 34.1 Å². The zero-order valence-electron chi connectivity index (χ0n) is 20.7. The number of anilines is 1. The van der Waals surface area contributed by atoms with Gasteiger partial charge in [0.25, 0.3) is 5.91 Å². The lowest BCUT2D eigenvalue weighted by Crippen LogP contribution is -2.48. The number of nitrogens with one attached hydrogen (secondary N) is 1. The maximum Gasteiger partial charge on any atom is 0.349 e. The molecule has 2 atom stereocenters. The third-order valence-electron chi connectivity index (χ3n) is 5.19. The summed E-state index contributed by atoms with van der Waals surface area (Å²) in [5.74, 6) is -3.83. The molecule has 0 spiro atoms. The predicted molar refractivity (Wildman–Crippen MR) is 134 cm³/mol. The van der Waals surface area contributed by atoms with Gasteiger partial charge in [0.15, 0.2) is 0 Å². The van der Waals surface area contributed by atoms with Crippen LogP contribution < -0.4 is 19.5 Å². The summed E-state index contributed by atoms with van der Waals surface area (Å²) >= 11 is 0. The number of carboxylic acid groups (broad SMARTS) is 1. The fraction of sp³-hybridized carbons (Fsp3) is 0.185. The van der Waals surface area contributed by atoms with Crippen LogP contribution >= 0.6 is 0 Å². The molecule has 11 nitrogen and oxygen atoms in total. The van der Waals surface area contributed by atoms with Crippen molar-refractivity contribution in [3.8, 4) is 17.2 Å². The van der Waals surface area contributed by atoms with E-state index < -0.39 is 36.0 Å². The van der Waals surface area contributed by atoms with E-state index in [0.29, 0.717) is 17.2 Å². The van der Waals surface area contributed by atoms with Crippen molar-refractivity contribution in [2.45, 2.75) is 12.2 Å². The third kappa shape index (κ3) is 7.00. The van der Waals surface area contributed by atoms with Crippen molar-refractivity contribution in [2.75, 3.05) is 26.6 Å². The number of carbonyl (C=O) groups is 4. The quantitative estimate of drug-likeness (QED) is 0.359. The largest absolute Gasteiger partial charge is 0.497 e. The third-order valence-corrected chi connectivity index (χ3v) is 5.19. The Bertz CT molecular complexity index is 1320. The van der Waals surface area contributed by atoms with Gasteiger partial charge in [-0.25, -0.2) is 14.4 Å². The molecule has 0 saturated heterocycles. The molecular weight excluding hydrogens is 498 g/mol. The molecule has 0 unspecified atom stereocenters. The van der Waals surface area contributed by atoms with E-state index in [-0.39, 0.29) is 16.8 Å². The van der Waals surface area contributed by atoms with Crippen molar-refractivity contribution in [1.82, 2.24) is 0 Å². The predicted octanol–water partition coefficient (Wildman–Crippen LogP) is 3.19. The summed E-state index contributed by atoms with van der Waals surface area (Å²) in [5.41, 5.74) is 0.161. The minimum atomic E-state index is -2.20. The van der Waals surface area contributed by atoms with Gasteiger partial charge in [0.2, 0.25) is 12.2 Å². The Balaban J connectivity index is 1.94. The molecule has 0 aliphatic rings. The van der Waals surface area contributed by atoms with Crippen molar-refractivity contribution >= 4 is 29.5 Å². The normalized spacial score (nSPS) is 11.9. The maximum atomic E-state index is 13.2. The molecule has 0 radical (unpaired) electrons. The van der Waals surface area contributed by atoms with Gasteiger partial charge in [0, 0.05) is 11.8 Å². The highest BCUT2D eigenvalue weighted by atomic mass is 16.6. The monoisotopic (exact) mass is 523 g/mol. The molecule has 38 heavy (non-hydrogen) atoms. The van der Waals surface area contributed by atoms with E-state index in [1.807, 2.05) is 0 Å². The molecule has 0 bridgehead atoms. The van der Waals surface area contributed by atoms with E-state index in [4.69, 9.17) is 23.7 Å². The van der Waals surface area contributed by atoms with Gasteiger partial charge in [-0.05, 0) is 48.5 Å². The molecular formula is C27H25NO10. The van der Waals surface area contributed by atoms with Crippen LogP contribution in [-0.4, -0.2) is 62.5 Å². The number of rotatable bonds is 11. The average Bonchev–Trinajstić information content (AvgIpc) is 2.94. The van der Waals surface area contributed by atoms with Crippen LogP contribution in [0.2, 0.25) is 0 Å². The molecule has 0 aromatic heterocycles. The number of hydrogen-bond acceptors (Lipinski definition) is 9. The molecule has 0 aliphatic carbocycles. The first-order valence-corrected chi connectivity index (χ1v) is 11.1. The first kappa shape index (κ1) is 27.5. The van der Waals surface area contributed by atoms with Crippen LogP contribution in [0.1, 0.15) is 20.7 Å². The smallest absolute Gasteiger partial charge is 0.349 e. The van der Waals surface area contributed by atoms with Gasteiger partial charge in [-0.1, -0.05) is 18.2 Å². The molecule has 0 fully saturated rings. The molecule has 198 valence electrons. The number of hydrogen-bond donors (Lipinski definition) is 2. The van der Waals surface area contributed by atoms with Crippen molar-refractivity contribution < 1.29 is 48.0 Å². The van der Waals surface area contributed by atoms with E-state index in [1.54, 1.807) is 24.3 Å². The van der Waals surface area contributed by atoms with Gasteiger partial charge in [-0.15, -0.1) is 0 Å². The number of benzene rings is 3. The van der Waals surface area contributed by atoms with Gasteiger partial charge in [0.05, 0.1) is 32.5 Å². The van der Waals surface area contributed by atoms with E-state index >= 15 is 0 Å². The lowest BCUT2D eigenvalue weighted by Gasteiger charge is -2.23. The maximum absolute atomic E-state index is 13.2. The second kappa shape index (κ2) is 12.8. The SMILES string of the molecule is COc1cccc(NC(=O)[C@H](OC(=O)c2cccc(OC)c2)[C@@H](OC(=O)c2cccc(OC)c2)C(=O)O)c1. The molecule has 11 heteroatoms. The van der Waals surface area contributed by atoms with Crippen LogP contribution in [0.25, 0.3) is 0 Å². The minimum Gasteiger partial charge on any atom is -0.497 e. The Labute approximate surface area is 217 Å². The van der Waals surface area contributed by atoms with E-state index in [9.17, 15) is 24.3 Å². The standard InChI is InChI=1S/C27H25NO10/c1-34-19-10-4-7-16(13-19)26(32)37-22(24(29)28-18-9-6-12-21(15-18)36-3)23(25(30)31)38-27(33)17-8-5-11-20(14-17)35-2/h4-15,22-23H,1-3H3,(H,28,29)(H,30,31)/t22-,23-/m1/s1. The Hall–Kier alpha value is -5.06. The first-order chi connectivity index (χ1) is 18.2. The number of amides is 1. The minimum absolute atomic E-state index is 0.0215. The van der Waals surface area contributed by atoms with Crippen molar-refractivity contribution in [3.63, 3.8) is 0 Å². The van der Waals surface area contributed by atoms with Crippen LogP contribution in [0.4, 0.5) is 5.69 Å². The zero-order chi connectivity index (χ0) is 27.7. The highest BCUT2D eigenvalue weighted by Crippen LogP contribution is 2.21. The van der Waals surface area contributed by atoms with Crippen LogP contribution in [0.5, 0.6) is 17.2 Å². The molecule has 2 N–H and O–H groups in total. The van der Waals surface area contributed by atoms with Crippen LogP contribution in [0.3, 0.4) is 0 Å². The Morgan fingerprint density at radius 2 is 1.11 bits per heavy atom. The van der Waals surface area contributed by atoms with Gasteiger partial charge in [-0.3, -0.25) is 4.79 Å². The average molecular weight is 523 g/mol.